The Morgan fingerprint density at radius 2 is 0.872 bits per heavy atom. The molecular weight excluding hydrogens is 530 g/mol. The number of carbonyl (C=O) groups is 1. The van der Waals surface area contributed by atoms with Crippen LogP contribution in [0.25, 0.3) is 0 Å². The maximum Gasteiger partial charge on any atom is 0.416 e. The smallest absolute Gasteiger partial charge is 0.416 e. The van der Waals surface area contributed by atoms with E-state index in [-0.39, 0.29) is 17.9 Å². The van der Waals surface area contributed by atoms with E-state index >= 15 is 0 Å². The summed E-state index contributed by atoms with van der Waals surface area (Å²) in [5.41, 5.74) is -0.633. The van der Waals surface area contributed by atoms with Crippen LogP contribution in [0.2, 0.25) is 0 Å². The number of alkyl halides is 6. The summed E-state index contributed by atoms with van der Waals surface area (Å²) in [6, 6.07) is 20.9. The average Bonchev–Trinajstić information content (AvgIpc) is 2.89. The third-order valence-corrected chi connectivity index (χ3v) is 5.04. The molecular formula is C28H20F6O5. The monoisotopic (exact) mass is 550 g/mol. The van der Waals surface area contributed by atoms with Gasteiger partial charge in [0.1, 0.15) is 23.0 Å². The molecule has 0 atom stereocenters. The molecule has 204 valence electrons. The van der Waals surface area contributed by atoms with Crippen LogP contribution in [0.15, 0.2) is 97.1 Å². The summed E-state index contributed by atoms with van der Waals surface area (Å²) in [6.45, 7) is -0.0689. The number of aromatic carboxylic acids is 1. The first-order chi connectivity index (χ1) is 18.3. The maximum absolute atomic E-state index is 12.4. The lowest BCUT2D eigenvalue weighted by atomic mass is 10.2. The molecule has 11 heteroatoms. The molecule has 0 aromatic heterocycles. The highest BCUT2D eigenvalue weighted by Crippen LogP contribution is 2.32. The third-order valence-electron chi connectivity index (χ3n) is 5.04. The Balaban J connectivity index is 0.000000216. The summed E-state index contributed by atoms with van der Waals surface area (Å²) in [6.07, 6.45) is -8.73. The number of hydrogen-bond donors (Lipinski definition) is 2. The van der Waals surface area contributed by atoms with Crippen molar-refractivity contribution >= 4 is 5.97 Å². The number of hydrogen-bond acceptors (Lipinski definition) is 4. The van der Waals surface area contributed by atoms with Crippen LogP contribution < -0.4 is 9.47 Å². The van der Waals surface area contributed by atoms with Crippen LogP contribution in [-0.2, 0) is 19.0 Å². The average molecular weight is 550 g/mol. The van der Waals surface area contributed by atoms with Crippen molar-refractivity contribution in [2.24, 2.45) is 0 Å². The maximum atomic E-state index is 12.4. The molecule has 0 spiro atoms. The van der Waals surface area contributed by atoms with Gasteiger partial charge >= 0.3 is 18.3 Å². The van der Waals surface area contributed by atoms with E-state index in [1.807, 2.05) is 0 Å². The van der Waals surface area contributed by atoms with Gasteiger partial charge < -0.3 is 19.7 Å². The molecule has 0 unspecified atom stereocenters. The fraction of sp³-hybridized carbons (Fsp3) is 0.107. The van der Waals surface area contributed by atoms with Crippen LogP contribution in [0.5, 0.6) is 23.0 Å². The minimum absolute atomic E-state index is 0.0689. The van der Waals surface area contributed by atoms with Crippen molar-refractivity contribution in [3.05, 3.63) is 119 Å². The van der Waals surface area contributed by atoms with E-state index in [2.05, 4.69) is 0 Å². The largest absolute Gasteiger partial charge is 0.478 e. The molecule has 0 heterocycles. The zero-order valence-electron chi connectivity index (χ0n) is 19.8. The van der Waals surface area contributed by atoms with Crippen molar-refractivity contribution in [2.45, 2.75) is 19.0 Å². The molecule has 0 fully saturated rings. The topological polar surface area (TPSA) is 76.0 Å². The van der Waals surface area contributed by atoms with E-state index in [4.69, 9.17) is 19.7 Å². The number of aliphatic hydroxyl groups is 1. The molecule has 39 heavy (non-hydrogen) atoms. The van der Waals surface area contributed by atoms with Gasteiger partial charge in [-0.25, -0.2) is 4.79 Å². The van der Waals surface area contributed by atoms with Gasteiger partial charge in [-0.3, -0.25) is 0 Å². The van der Waals surface area contributed by atoms with Gasteiger partial charge in [0.25, 0.3) is 0 Å². The van der Waals surface area contributed by atoms with Crippen molar-refractivity contribution in [2.75, 3.05) is 0 Å². The predicted molar refractivity (Wildman–Crippen MR) is 129 cm³/mol. The Morgan fingerprint density at radius 1 is 0.564 bits per heavy atom. The van der Waals surface area contributed by atoms with Crippen molar-refractivity contribution < 1.29 is 50.8 Å². The van der Waals surface area contributed by atoms with Gasteiger partial charge in [0, 0.05) is 0 Å². The molecule has 0 saturated heterocycles. The molecule has 0 aliphatic heterocycles. The Morgan fingerprint density at radius 3 is 1.15 bits per heavy atom. The highest BCUT2D eigenvalue weighted by molar-refractivity contribution is 5.87. The molecule has 0 bridgehead atoms. The number of aliphatic hydroxyl groups excluding tert-OH is 1. The van der Waals surface area contributed by atoms with Gasteiger partial charge in [-0.2, -0.15) is 26.3 Å². The van der Waals surface area contributed by atoms with Gasteiger partial charge in [-0.15, -0.1) is 0 Å². The normalized spacial score (nSPS) is 11.3. The Hall–Kier alpha value is -4.51. The number of carboxylic acid groups (broad SMARTS) is 1. The lowest BCUT2D eigenvalue weighted by Crippen LogP contribution is -2.04. The summed E-state index contributed by atoms with van der Waals surface area (Å²) >= 11 is 0. The molecule has 0 saturated carbocycles. The number of benzene rings is 4. The first-order valence-corrected chi connectivity index (χ1v) is 11.1. The van der Waals surface area contributed by atoms with Crippen molar-refractivity contribution in [3.63, 3.8) is 0 Å². The first kappa shape index (κ1) is 29.1. The number of ether oxygens (including phenoxy) is 2. The van der Waals surface area contributed by atoms with E-state index in [9.17, 15) is 31.1 Å². The third kappa shape index (κ3) is 8.78. The minimum Gasteiger partial charge on any atom is -0.478 e. The Labute approximate surface area is 218 Å². The van der Waals surface area contributed by atoms with Gasteiger partial charge in [0.15, 0.2) is 0 Å². The second-order valence-corrected chi connectivity index (χ2v) is 7.88. The van der Waals surface area contributed by atoms with E-state index in [0.717, 1.165) is 29.8 Å². The quantitative estimate of drug-likeness (QED) is 0.237. The van der Waals surface area contributed by atoms with Gasteiger partial charge in [0.2, 0.25) is 0 Å². The zero-order valence-corrected chi connectivity index (χ0v) is 19.8. The summed E-state index contributed by atoms with van der Waals surface area (Å²) in [4.78, 5) is 10.7. The fourth-order valence-electron chi connectivity index (χ4n) is 3.02. The van der Waals surface area contributed by atoms with Gasteiger partial charge in [-0.1, -0.05) is 12.1 Å². The highest BCUT2D eigenvalue weighted by Gasteiger charge is 2.30. The van der Waals surface area contributed by atoms with Crippen LogP contribution in [-0.4, -0.2) is 16.2 Å². The lowest BCUT2D eigenvalue weighted by molar-refractivity contribution is -0.138. The molecule has 0 aliphatic carbocycles. The molecule has 0 aliphatic rings. The molecule has 4 aromatic rings. The summed E-state index contributed by atoms with van der Waals surface area (Å²) in [7, 11) is 0. The zero-order chi connectivity index (χ0) is 28.6. The molecule has 2 N–H and O–H groups in total. The lowest BCUT2D eigenvalue weighted by Gasteiger charge is -2.09. The summed E-state index contributed by atoms with van der Waals surface area (Å²) in [5.74, 6) is 0.337. The minimum atomic E-state index is -4.39. The van der Waals surface area contributed by atoms with Crippen molar-refractivity contribution in [3.8, 4) is 23.0 Å². The number of carboxylic acids is 1. The summed E-state index contributed by atoms with van der Waals surface area (Å²) in [5, 5.41) is 17.6. The van der Waals surface area contributed by atoms with Crippen molar-refractivity contribution in [1.82, 2.24) is 0 Å². The van der Waals surface area contributed by atoms with E-state index < -0.39 is 29.4 Å². The van der Waals surface area contributed by atoms with Crippen LogP contribution in [0.4, 0.5) is 26.3 Å². The highest BCUT2D eigenvalue weighted by atomic mass is 19.4. The fourth-order valence-corrected chi connectivity index (χ4v) is 3.02. The summed E-state index contributed by atoms with van der Waals surface area (Å²) < 4.78 is 84.9. The molecule has 4 aromatic carbocycles. The molecule has 0 radical (unpaired) electrons. The first-order valence-electron chi connectivity index (χ1n) is 11.1. The van der Waals surface area contributed by atoms with Gasteiger partial charge in [-0.05, 0) is 90.5 Å². The SMILES string of the molecule is O=C(O)c1ccc(Oc2ccc(C(F)(F)F)cc2)cc1.OCc1ccc(Oc2ccc(C(F)(F)F)cc2)cc1. The molecule has 0 amide bonds. The predicted octanol–water partition coefficient (Wildman–Crippen LogP) is 8.19. The Bertz CT molecular complexity index is 1350. The number of rotatable bonds is 6. The van der Waals surface area contributed by atoms with Crippen molar-refractivity contribution in [1.29, 1.82) is 0 Å². The van der Waals surface area contributed by atoms with Crippen LogP contribution in [0, 0.1) is 0 Å². The standard InChI is InChI=1S/C14H9F3O3.C14H11F3O2/c15-14(16,17)10-3-7-12(8-4-10)20-11-5-1-9(2-6-11)13(18)19;15-14(16,17)11-3-7-13(8-4-11)19-12-5-1-10(9-18)2-6-12/h1-8H,(H,18,19);1-8,18H,9H2. The second kappa shape index (κ2) is 12.4. The van der Waals surface area contributed by atoms with E-state index in [1.54, 1.807) is 24.3 Å². The van der Waals surface area contributed by atoms with Crippen LogP contribution in [0.1, 0.15) is 27.0 Å². The second-order valence-electron chi connectivity index (χ2n) is 7.88. The number of halogens is 6. The van der Waals surface area contributed by atoms with E-state index in [1.165, 1.54) is 48.5 Å². The van der Waals surface area contributed by atoms with Crippen LogP contribution >= 0.6 is 0 Å². The van der Waals surface area contributed by atoms with Gasteiger partial charge in [0.05, 0.1) is 23.3 Å². The Kier molecular flexibility index (Phi) is 9.20. The molecule has 4 rings (SSSR count). The van der Waals surface area contributed by atoms with Crippen LogP contribution in [0.3, 0.4) is 0 Å². The van der Waals surface area contributed by atoms with E-state index in [0.29, 0.717) is 17.2 Å². The molecule has 5 nitrogen and oxygen atoms in total.